The van der Waals surface area contributed by atoms with Crippen LogP contribution in [-0.4, -0.2) is 18.3 Å². The molecule has 0 aliphatic carbocycles. The fourth-order valence-electron chi connectivity index (χ4n) is 1.05. The van der Waals surface area contributed by atoms with Crippen LogP contribution in [0.15, 0.2) is 24.3 Å². The number of aliphatic hydroxyl groups excluding tert-OH is 1. The molecule has 1 N–H and O–H groups in total. The summed E-state index contributed by atoms with van der Waals surface area (Å²) in [7, 11) is 0. The number of hydrogen-bond acceptors (Lipinski definition) is 2. The molecule has 1 rings (SSSR count). The van der Waals surface area contributed by atoms with Crippen LogP contribution < -0.4 is 4.74 Å². The van der Waals surface area contributed by atoms with E-state index in [1.54, 1.807) is 0 Å². The predicted molar refractivity (Wildman–Crippen MR) is 56.2 cm³/mol. The first kappa shape index (κ1) is 10.6. The Balaban J connectivity index is 2.43. The van der Waals surface area contributed by atoms with E-state index in [2.05, 4.69) is 18.8 Å². The highest BCUT2D eigenvalue weighted by Crippen LogP contribution is 2.11. The van der Waals surface area contributed by atoms with Crippen molar-refractivity contribution >= 4 is 0 Å². The Labute approximate surface area is 84.5 Å². The third-order valence-corrected chi connectivity index (χ3v) is 1.85. The highest BCUT2D eigenvalue weighted by Gasteiger charge is 1.91. The van der Waals surface area contributed by atoms with Gasteiger partial charge in [-0.25, -0.2) is 0 Å². The molecule has 14 heavy (non-hydrogen) atoms. The van der Waals surface area contributed by atoms with Crippen LogP contribution in [-0.2, 0) is 6.42 Å². The van der Waals surface area contributed by atoms with Crippen LogP contribution in [0.5, 0.6) is 5.75 Å². The van der Waals surface area contributed by atoms with Gasteiger partial charge in [0.1, 0.15) is 19.0 Å². The fourth-order valence-corrected chi connectivity index (χ4v) is 1.05. The lowest BCUT2D eigenvalue weighted by atomic mass is 10.2. The third kappa shape index (κ3) is 3.51. The summed E-state index contributed by atoms with van der Waals surface area (Å²) in [6.07, 6.45) is 1.03. The summed E-state index contributed by atoms with van der Waals surface area (Å²) in [5, 5.41) is 8.40. The standard InChI is InChI=1S/C12H14O2/c1-2-11-5-7-12(8-6-11)14-10-4-3-9-13/h5-8,13H,2,9-10H2,1H3. The van der Waals surface area contributed by atoms with Crippen molar-refractivity contribution in [3.8, 4) is 17.6 Å². The Bertz CT molecular complexity index is 316. The second-order valence-corrected chi connectivity index (χ2v) is 2.80. The van der Waals surface area contributed by atoms with E-state index < -0.39 is 0 Å². The van der Waals surface area contributed by atoms with Gasteiger partial charge in [-0.2, -0.15) is 0 Å². The number of hydrogen-bond donors (Lipinski definition) is 1. The first-order chi connectivity index (χ1) is 6.86. The molecular weight excluding hydrogens is 176 g/mol. The maximum absolute atomic E-state index is 8.40. The number of aryl methyl sites for hydroxylation is 1. The minimum absolute atomic E-state index is 0.113. The zero-order valence-electron chi connectivity index (χ0n) is 8.29. The summed E-state index contributed by atoms with van der Waals surface area (Å²) < 4.78 is 5.32. The molecule has 0 aromatic heterocycles. The van der Waals surface area contributed by atoms with Crippen molar-refractivity contribution in [2.75, 3.05) is 13.2 Å². The van der Waals surface area contributed by atoms with E-state index in [1.165, 1.54) is 5.56 Å². The zero-order valence-corrected chi connectivity index (χ0v) is 8.29. The molecule has 0 atom stereocenters. The highest BCUT2D eigenvalue weighted by molar-refractivity contribution is 5.27. The van der Waals surface area contributed by atoms with Crippen molar-refractivity contribution in [3.05, 3.63) is 29.8 Å². The van der Waals surface area contributed by atoms with E-state index in [9.17, 15) is 0 Å². The Morgan fingerprint density at radius 3 is 2.50 bits per heavy atom. The summed E-state index contributed by atoms with van der Waals surface area (Å²) in [5.74, 6) is 6.03. The summed E-state index contributed by atoms with van der Waals surface area (Å²) in [6.45, 7) is 2.33. The first-order valence-corrected chi connectivity index (χ1v) is 4.65. The van der Waals surface area contributed by atoms with E-state index >= 15 is 0 Å². The van der Waals surface area contributed by atoms with Gasteiger partial charge in [-0.3, -0.25) is 0 Å². The maximum Gasteiger partial charge on any atom is 0.149 e. The molecule has 0 radical (unpaired) electrons. The van der Waals surface area contributed by atoms with Crippen LogP contribution in [0.25, 0.3) is 0 Å². The van der Waals surface area contributed by atoms with Gasteiger partial charge in [0, 0.05) is 0 Å². The van der Waals surface area contributed by atoms with Crippen molar-refractivity contribution < 1.29 is 9.84 Å². The van der Waals surface area contributed by atoms with E-state index in [4.69, 9.17) is 9.84 Å². The van der Waals surface area contributed by atoms with Crippen LogP contribution in [0.1, 0.15) is 12.5 Å². The molecular formula is C12H14O2. The van der Waals surface area contributed by atoms with Crippen LogP contribution in [0, 0.1) is 11.8 Å². The monoisotopic (exact) mass is 190 g/mol. The Morgan fingerprint density at radius 1 is 1.21 bits per heavy atom. The Hall–Kier alpha value is -1.46. The average molecular weight is 190 g/mol. The lowest BCUT2D eigenvalue weighted by molar-refractivity contribution is 0.347. The molecule has 0 amide bonds. The second-order valence-electron chi connectivity index (χ2n) is 2.80. The number of aliphatic hydroxyl groups is 1. The molecule has 74 valence electrons. The van der Waals surface area contributed by atoms with E-state index in [0.29, 0.717) is 6.61 Å². The third-order valence-electron chi connectivity index (χ3n) is 1.85. The van der Waals surface area contributed by atoms with Crippen LogP contribution in [0.3, 0.4) is 0 Å². The summed E-state index contributed by atoms with van der Waals surface area (Å²) >= 11 is 0. The van der Waals surface area contributed by atoms with Gasteiger partial charge in [0.05, 0.1) is 0 Å². The molecule has 0 bridgehead atoms. The maximum atomic E-state index is 8.40. The van der Waals surface area contributed by atoms with Gasteiger partial charge in [0.2, 0.25) is 0 Å². The molecule has 0 aliphatic rings. The van der Waals surface area contributed by atoms with Gasteiger partial charge in [-0.1, -0.05) is 30.9 Å². The van der Waals surface area contributed by atoms with Gasteiger partial charge in [0.25, 0.3) is 0 Å². The van der Waals surface area contributed by atoms with Crippen molar-refractivity contribution in [2.45, 2.75) is 13.3 Å². The first-order valence-electron chi connectivity index (χ1n) is 4.65. The number of benzene rings is 1. The molecule has 0 heterocycles. The minimum Gasteiger partial charge on any atom is -0.481 e. The van der Waals surface area contributed by atoms with Crippen molar-refractivity contribution in [3.63, 3.8) is 0 Å². The molecule has 0 aliphatic heterocycles. The molecule has 0 fully saturated rings. The molecule has 1 aromatic rings. The van der Waals surface area contributed by atoms with Gasteiger partial charge in [-0.05, 0) is 24.1 Å². The number of ether oxygens (including phenoxy) is 1. The van der Waals surface area contributed by atoms with Gasteiger partial charge >= 0.3 is 0 Å². The van der Waals surface area contributed by atoms with Gasteiger partial charge in [0.15, 0.2) is 0 Å². The molecule has 0 saturated heterocycles. The molecule has 0 saturated carbocycles. The molecule has 0 unspecified atom stereocenters. The summed E-state index contributed by atoms with van der Waals surface area (Å²) in [5.41, 5.74) is 1.29. The van der Waals surface area contributed by atoms with E-state index in [1.807, 2.05) is 24.3 Å². The Morgan fingerprint density at radius 2 is 1.93 bits per heavy atom. The predicted octanol–water partition coefficient (Wildman–Crippen LogP) is 1.62. The van der Waals surface area contributed by atoms with Crippen molar-refractivity contribution in [1.82, 2.24) is 0 Å². The average Bonchev–Trinajstić information content (AvgIpc) is 2.25. The Kier molecular flexibility index (Phi) is 4.60. The second kappa shape index (κ2) is 6.06. The van der Waals surface area contributed by atoms with Crippen LogP contribution >= 0.6 is 0 Å². The molecule has 0 spiro atoms. The topological polar surface area (TPSA) is 29.5 Å². The lowest BCUT2D eigenvalue weighted by Crippen LogP contribution is -1.94. The smallest absolute Gasteiger partial charge is 0.149 e. The quantitative estimate of drug-likeness (QED) is 0.734. The molecule has 2 nitrogen and oxygen atoms in total. The number of rotatable bonds is 3. The normalized spacial score (nSPS) is 9.00. The van der Waals surface area contributed by atoms with Gasteiger partial charge < -0.3 is 9.84 Å². The van der Waals surface area contributed by atoms with Crippen LogP contribution in [0.2, 0.25) is 0 Å². The van der Waals surface area contributed by atoms with Gasteiger partial charge in [-0.15, -0.1) is 0 Å². The van der Waals surface area contributed by atoms with Crippen LogP contribution in [0.4, 0.5) is 0 Å². The molecule has 2 heteroatoms. The summed E-state index contributed by atoms with van der Waals surface area (Å²) in [4.78, 5) is 0. The SMILES string of the molecule is CCc1ccc(OCC#CCO)cc1. The van der Waals surface area contributed by atoms with E-state index in [0.717, 1.165) is 12.2 Å². The largest absolute Gasteiger partial charge is 0.481 e. The van der Waals surface area contributed by atoms with Crippen molar-refractivity contribution in [1.29, 1.82) is 0 Å². The molecule has 1 aromatic carbocycles. The van der Waals surface area contributed by atoms with Crippen molar-refractivity contribution in [2.24, 2.45) is 0 Å². The zero-order chi connectivity index (χ0) is 10.2. The van der Waals surface area contributed by atoms with E-state index in [-0.39, 0.29) is 6.61 Å². The fraction of sp³-hybridized carbons (Fsp3) is 0.333. The summed E-state index contributed by atoms with van der Waals surface area (Å²) in [6, 6.07) is 7.93. The highest BCUT2D eigenvalue weighted by atomic mass is 16.5. The minimum atomic E-state index is -0.113. The lowest BCUT2D eigenvalue weighted by Gasteiger charge is -2.02.